The summed E-state index contributed by atoms with van der Waals surface area (Å²) < 4.78 is 11.7. The number of nitrogens with zero attached hydrogens (tertiary/aromatic N) is 3. The number of hydrogen-bond donors (Lipinski definition) is 1. The van der Waals surface area contributed by atoms with Gasteiger partial charge >= 0.3 is 5.97 Å². The number of fused-ring (bicyclic) bond motifs is 1. The van der Waals surface area contributed by atoms with Gasteiger partial charge in [0, 0.05) is 0 Å². The van der Waals surface area contributed by atoms with Crippen molar-refractivity contribution in [3.63, 3.8) is 0 Å². The number of benzene rings is 2. The van der Waals surface area contributed by atoms with E-state index in [0.29, 0.717) is 28.8 Å². The van der Waals surface area contributed by atoms with E-state index in [1.54, 1.807) is 62.4 Å². The Labute approximate surface area is 179 Å². The van der Waals surface area contributed by atoms with Crippen molar-refractivity contribution >= 4 is 22.8 Å². The van der Waals surface area contributed by atoms with Gasteiger partial charge < -0.3 is 14.8 Å². The summed E-state index contributed by atoms with van der Waals surface area (Å²) in [5.41, 5.74) is 0.351. The molecule has 1 N–H and O–H groups in total. The van der Waals surface area contributed by atoms with Crippen LogP contribution in [0.4, 0.5) is 0 Å². The van der Waals surface area contributed by atoms with Gasteiger partial charge in [0.1, 0.15) is 17.3 Å². The molecule has 1 heterocycles. The van der Waals surface area contributed by atoms with Crippen molar-refractivity contribution in [2.75, 3.05) is 6.61 Å². The van der Waals surface area contributed by atoms with Gasteiger partial charge in [0.25, 0.3) is 11.5 Å². The average molecular weight is 424 g/mol. The molecule has 3 aromatic rings. The van der Waals surface area contributed by atoms with Crippen LogP contribution < -0.4 is 15.6 Å². The summed E-state index contributed by atoms with van der Waals surface area (Å²) in [5.74, 6) is -0.965. The second-order valence-electron chi connectivity index (χ2n) is 7.13. The lowest BCUT2D eigenvalue weighted by Crippen LogP contribution is -2.45. The average Bonchev–Trinajstić information content (AvgIpc) is 2.77. The Morgan fingerprint density at radius 1 is 1.10 bits per heavy atom. The summed E-state index contributed by atoms with van der Waals surface area (Å²) in [6.45, 7) is 5.37. The van der Waals surface area contributed by atoms with Crippen LogP contribution >= 0.6 is 0 Å². The molecule has 0 bridgehead atoms. The number of hydrogen-bond acceptors (Lipinski definition) is 7. The fourth-order valence-corrected chi connectivity index (χ4v) is 2.97. The number of aromatic nitrogens is 3. The summed E-state index contributed by atoms with van der Waals surface area (Å²) in [6, 6.07) is 12.6. The molecule has 0 saturated carbocycles. The molecular weight excluding hydrogens is 400 g/mol. The number of ether oxygens (including phenoxy) is 2. The highest BCUT2D eigenvalue weighted by Gasteiger charge is 2.27. The maximum Gasteiger partial charge on any atom is 0.330 e. The summed E-state index contributed by atoms with van der Waals surface area (Å²) in [5, 5.41) is 10.8. The predicted octanol–water partition coefficient (Wildman–Crippen LogP) is 2.15. The lowest BCUT2D eigenvalue weighted by atomic mass is 10.0. The van der Waals surface area contributed by atoms with Gasteiger partial charge in [-0.3, -0.25) is 9.59 Å². The van der Waals surface area contributed by atoms with Gasteiger partial charge in [0.05, 0.1) is 17.6 Å². The second kappa shape index (κ2) is 9.84. The van der Waals surface area contributed by atoms with E-state index in [1.807, 2.05) is 6.92 Å². The topological polar surface area (TPSA) is 112 Å². The van der Waals surface area contributed by atoms with Crippen molar-refractivity contribution in [2.45, 2.75) is 33.5 Å². The molecule has 0 aliphatic rings. The molecule has 1 aromatic heterocycles. The third-order valence-corrected chi connectivity index (χ3v) is 4.60. The Bertz CT molecular complexity index is 1140. The Balaban J connectivity index is 1.72. The summed E-state index contributed by atoms with van der Waals surface area (Å²) in [7, 11) is 0. The van der Waals surface area contributed by atoms with E-state index in [0.717, 1.165) is 4.68 Å². The fourth-order valence-electron chi connectivity index (χ4n) is 2.97. The lowest BCUT2D eigenvalue weighted by Gasteiger charge is -2.21. The second-order valence-corrected chi connectivity index (χ2v) is 7.13. The maximum atomic E-state index is 12.8. The number of nitrogens with one attached hydrogen (secondary N) is 1. The minimum Gasteiger partial charge on any atom is -0.493 e. The molecule has 3 rings (SSSR count). The SMILES string of the molecule is CCOc1ccccc1C(=O)N[C@H](C(=O)OCn1nnc2ccccc2c1=O)C(C)C. The van der Waals surface area contributed by atoms with Crippen molar-refractivity contribution in [3.8, 4) is 5.75 Å². The molecule has 0 spiro atoms. The first kappa shape index (κ1) is 21.9. The molecule has 162 valence electrons. The third kappa shape index (κ3) is 5.06. The van der Waals surface area contributed by atoms with Gasteiger partial charge in [-0.2, -0.15) is 4.68 Å². The van der Waals surface area contributed by atoms with Crippen LogP contribution in [0, 0.1) is 5.92 Å². The normalized spacial score (nSPS) is 11.9. The maximum absolute atomic E-state index is 12.8. The highest BCUT2D eigenvalue weighted by Crippen LogP contribution is 2.18. The van der Waals surface area contributed by atoms with Crippen LogP contribution in [0.2, 0.25) is 0 Å². The number of esters is 1. The number of para-hydroxylation sites is 1. The summed E-state index contributed by atoms with van der Waals surface area (Å²) >= 11 is 0. The molecule has 31 heavy (non-hydrogen) atoms. The van der Waals surface area contributed by atoms with Crippen LogP contribution in [0.5, 0.6) is 5.75 Å². The van der Waals surface area contributed by atoms with Crippen molar-refractivity contribution in [1.29, 1.82) is 0 Å². The van der Waals surface area contributed by atoms with E-state index < -0.39 is 30.2 Å². The van der Waals surface area contributed by atoms with E-state index in [1.165, 1.54) is 0 Å². The van der Waals surface area contributed by atoms with Crippen LogP contribution in [0.3, 0.4) is 0 Å². The van der Waals surface area contributed by atoms with Crippen molar-refractivity contribution in [2.24, 2.45) is 5.92 Å². The highest BCUT2D eigenvalue weighted by molar-refractivity contribution is 5.99. The van der Waals surface area contributed by atoms with E-state index in [-0.39, 0.29) is 5.92 Å². The summed E-state index contributed by atoms with van der Waals surface area (Å²) in [6.07, 6.45) is 0. The molecule has 9 nitrogen and oxygen atoms in total. The smallest absolute Gasteiger partial charge is 0.330 e. The van der Waals surface area contributed by atoms with Crippen molar-refractivity contribution < 1.29 is 19.1 Å². The molecule has 2 aromatic carbocycles. The Kier molecular flexibility index (Phi) is 6.96. The fraction of sp³-hybridized carbons (Fsp3) is 0.318. The molecule has 0 unspecified atom stereocenters. The number of rotatable bonds is 8. The number of carbonyl (C=O) groups excluding carboxylic acids is 2. The standard InChI is InChI=1S/C22H24N4O5/c1-4-30-18-12-8-6-10-16(18)20(27)23-19(14(2)3)22(29)31-13-26-21(28)15-9-5-7-11-17(15)24-25-26/h5-12,14,19H,4,13H2,1-3H3,(H,23,27)/t19-/m0/s1. The molecule has 0 fully saturated rings. The van der Waals surface area contributed by atoms with E-state index >= 15 is 0 Å². The molecule has 1 atom stereocenters. The Hall–Kier alpha value is -3.75. The minimum atomic E-state index is -0.925. The van der Waals surface area contributed by atoms with E-state index in [9.17, 15) is 14.4 Å². The van der Waals surface area contributed by atoms with Gasteiger partial charge in [0.15, 0.2) is 6.73 Å². The first-order valence-electron chi connectivity index (χ1n) is 9.94. The van der Waals surface area contributed by atoms with Crippen LogP contribution in [0.25, 0.3) is 10.9 Å². The van der Waals surface area contributed by atoms with Crippen LogP contribution in [0.1, 0.15) is 31.1 Å². The largest absolute Gasteiger partial charge is 0.493 e. The molecule has 9 heteroatoms. The van der Waals surface area contributed by atoms with Crippen LogP contribution in [-0.4, -0.2) is 39.5 Å². The monoisotopic (exact) mass is 424 g/mol. The highest BCUT2D eigenvalue weighted by atomic mass is 16.5. The molecule has 0 aliphatic heterocycles. The van der Waals surface area contributed by atoms with Gasteiger partial charge in [-0.15, -0.1) is 5.10 Å². The van der Waals surface area contributed by atoms with Crippen molar-refractivity contribution in [1.82, 2.24) is 20.3 Å². The first-order chi connectivity index (χ1) is 14.9. The van der Waals surface area contributed by atoms with Gasteiger partial charge in [-0.05, 0) is 37.1 Å². The summed E-state index contributed by atoms with van der Waals surface area (Å²) in [4.78, 5) is 37.9. The molecule has 0 aliphatic carbocycles. The Morgan fingerprint density at radius 2 is 1.81 bits per heavy atom. The van der Waals surface area contributed by atoms with Gasteiger partial charge in [0.2, 0.25) is 0 Å². The number of carbonyl (C=O) groups is 2. The van der Waals surface area contributed by atoms with Crippen molar-refractivity contribution in [3.05, 3.63) is 64.4 Å². The molecule has 0 radical (unpaired) electrons. The quantitative estimate of drug-likeness (QED) is 0.551. The zero-order valence-electron chi connectivity index (χ0n) is 17.6. The predicted molar refractivity (Wildman–Crippen MR) is 114 cm³/mol. The lowest BCUT2D eigenvalue weighted by molar-refractivity contribution is -0.151. The van der Waals surface area contributed by atoms with Gasteiger partial charge in [-0.1, -0.05) is 43.3 Å². The van der Waals surface area contributed by atoms with E-state index in [2.05, 4.69) is 15.6 Å². The molecule has 1 amide bonds. The molecule has 0 saturated heterocycles. The first-order valence-corrected chi connectivity index (χ1v) is 9.94. The Morgan fingerprint density at radius 3 is 2.55 bits per heavy atom. The zero-order valence-corrected chi connectivity index (χ0v) is 17.6. The third-order valence-electron chi connectivity index (χ3n) is 4.60. The minimum absolute atomic E-state index is 0.255. The van der Waals surface area contributed by atoms with Gasteiger partial charge in [-0.25, -0.2) is 4.79 Å². The molecular formula is C22H24N4O5. The van der Waals surface area contributed by atoms with Crippen LogP contribution in [0.15, 0.2) is 53.3 Å². The van der Waals surface area contributed by atoms with Crippen LogP contribution in [-0.2, 0) is 16.3 Å². The number of amides is 1. The zero-order chi connectivity index (χ0) is 22.4. The van der Waals surface area contributed by atoms with E-state index in [4.69, 9.17) is 9.47 Å².